The van der Waals surface area contributed by atoms with Crippen LogP contribution in [0.25, 0.3) is 0 Å². The lowest BCUT2D eigenvalue weighted by Gasteiger charge is -2.34. The first-order chi connectivity index (χ1) is 11.8. The molecule has 1 saturated heterocycles. The highest BCUT2D eigenvalue weighted by Crippen LogP contribution is 2.22. The summed E-state index contributed by atoms with van der Waals surface area (Å²) in [6.07, 6.45) is 3.25. The van der Waals surface area contributed by atoms with Crippen molar-refractivity contribution in [3.05, 3.63) is 29.8 Å². The first-order valence-corrected chi connectivity index (χ1v) is 9.14. The maximum Gasteiger partial charge on any atom is 0.223 e. The molecule has 0 unspecified atom stereocenters. The molecule has 0 bridgehead atoms. The third kappa shape index (κ3) is 4.35. The van der Waals surface area contributed by atoms with Gasteiger partial charge in [0.1, 0.15) is 0 Å². The lowest BCUT2D eigenvalue weighted by atomic mass is 10.1. The molecule has 5 nitrogen and oxygen atoms in total. The van der Waals surface area contributed by atoms with Gasteiger partial charge in [-0.05, 0) is 30.9 Å². The van der Waals surface area contributed by atoms with Crippen molar-refractivity contribution in [3.8, 4) is 0 Å². The molecule has 0 atom stereocenters. The first-order valence-electron chi connectivity index (χ1n) is 9.14. The molecular weight excluding hydrogens is 302 g/mol. The lowest BCUT2D eigenvalue weighted by Crippen LogP contribution is -2.43. The zero-order chi connectivity index (χ0) is 16.8. The first kappa shape index (κ1) is 17.4. The number of amides is 1. The molecule has 0 aromatic heterocycles. The number of carbonyl (C=O) groups excluding carboxylic acids is 1. The Morgan fingerprint density at radius 2 is 1.96 bits per heavy atom. The van der Waals surface area contributed by atoms with E-state index in [0.717, 1.165) is 70.9 Å². The Morgan fingerprint density at radius 1 is 1.17 bits per heavy atom. The van der Waals surface area contributed by atoms with Crippen LogP contribution in [0.5, 0.6) is 0 Å². The summed E-state index contributed by atoms with van der Waals surface area (Å²) in [7, 11) is 0. The van der Waals surface area contributed by atoms with E-state index in [4.69, 9.17) is 4.74 Å². The average molecular weight is 331 g/mol. The number of para-hydroxylation sites is 1. The zero-order valence-corrected chi connectivity index (χ0v) is 14.7. The highest BCUT2D eigenvalue weighted by atomic mass is 16.5. The Morgan fingerprint density at radius 3 is 2.75 bits per heavy atom. The normalized spacial score (nSPS) is 21.8. The summed E-state index contributed by atoms with van der Waals surface area (Å²) in [5, 5.41) is 3.56. The van der Waals surface area contributed by atoms with Crippen LogP contribution in [0, 0.1) is 0 Å². The van der Waals surface area contributed by atoms with E-state index >= 15 is 0 Å². The second kappa shape index (κ2) is 8.60. The van der Waals surface area contributed by atoms with Crippen molar-refractivity contribution in [2.75, 3.05) is 44.3 Å². The van der Waals surface area contributed by atoms with Crippen LogP contribution < -0.4 is 10.2 Å². The molecule has 1 N–H and O–H groups in total. The Hall–Kier alpha value is -1.43. The minimum Gasteiger partial charge on any atom is -0.381 e. The van der Waals surface area contributed by atoms with Crippen LogP contribution in [-0.4, -0.2) is 56.2 Å². The Kier molecular flexibility index (Phi) is 6.24. The topological polar surface area (TPSA) is 44.8 Å². The van der Waals surface area contributed by atoms with Gasteiger partial charge in [0.2, 0.25) is 5.91 Å². The van der Waals surface area contributed by atoms with Crippen LogP contribution in [0.4, 0.5) is 5.69 Å². The number of hydrogen-bond donors (Lipinski definition) is 1. The van der Waals surface area contributed by atoms with Crippen molar-refractivity contribution in [1.82, 2.24) is 10.2 Å². The molecule has 24 heavy (non-hydrogen) atoms. The van der Waals surface area contributed by atoms with E-state index in [-0.39, 0.29) is 5.91 Å². The fraction of sp³-hybridized carbons (Fsp3) is 0.632. The molecule has 5 heteroatoms. The molecule has 0 saturated carbocycles. The largest absolute Gasteiger partial charge is 0.381 e. The zero-order valence-electron chi connectivity index (χ0n) is 14.7. The standard InChI is InChI=1S/C19H29N3O2/c1-16(23)22-11-4-10-21(18-7-13-24-14-8-18)12-9-20-15-17-5-2-3-6-19(17)22/h2-3,5-6,18,20H,4,7-15H2,1H3. The Balaban J connectivity index is 1.73. The van der Waals surface area contributed by atoms with Crippen LogP contribution >= 0.6 is 0 Å². The monoisotopic (exact) mass is 331 g/mol. The van der Waals surface area contributed by atoms with Gasteiger partial charge in [-0.1, -0.05) is 18.2 Å². The van der Waals surface area contributed by atoms with Gasteiger partial charge in [0.05, 0.1) is 0 Å². The highest BCUT2D eigenvalue weighted by Gasteiger charge is 2.22. The molecule has 0 aliphatic carbocycles. The highest BCUT2D eigenvalue weighted by molar-refractivity contribution is 5.92. The summed E-state index contributed by atoms with van der Waals surface area (Å²) in [4.78, 5) is 16.7. The van der Waals surface area contributed by atoms with Crippen LogP contribution in [0.15, 0.2) is 24.3 Å². The second-order valence-electron chi connectivity index (χ2n) is 6.71. The molecule has 1 fully saturated rings. The van der Waals surface area contributed by atoms with Gasteiger partial charge in [-0.15, -0.1) is 0 Å². The summed E-state index contributed by atoms with van der Waals surface area (Å²) in [5.74, 6) is 0.124. The quantitative estimate of drug-likeness (QED) is 0.855. The molecule has 1 aromatic rings. The number of nitrogens with zero attached hydrogens (tertiary/aromatic N) is 2. The van der Waals surface area contributed by atoms with Crippen molar-refractivity contribution in [2.45, 2.75) is 38.8 Å². The average Bonchev–Trinajstić information content (AvgIpc) is 2.65. The van der Waals surface area contributed by atoms with Gasteiger partial charge in [0, 0.05) is 64.6 Å². The third-order valence-electron chi connectivity index (χ3n) is 5.09. The number of hydrogen-bond acceptors (Lipinski definition) is 4. The maximum atomic E-state index is 12.2. The number of nitrogens with one attached hydrogen (secondary N) is 1. The summed E-state index contributed by atoms with van der Waals surface area (Å²) in [6.45, 7) is 8.09. The van der Waals surface area contributed by atoms with E-state index in [1.165, 1.54) is 5.56 Å². The lowest BCUT2D eigenvalue weighted by molar-refractivity contribution is -0.116. The summed E-state index contributed by atoms with van der Waals surface area (Å²) >= 11 is 0. The number of carbonyl (C=O) groups is 1. The summed E-state index contributed by atoms with van der Waals surface area (Å²) in [6, 6.07) is 8.86. The molecule has 3 rings (SSSR count). The van der Waals surface area contributed by atoms with E-state index in [9.17, 15) is 4.79 Å². The summed E-state index contributed by atoms with van der Waals surface area (Å²) < 4.78 is 5.51. The predicted molar refractivity (Wildman–Crippen MR) is 96.2 cm³/mol. The summed E-state index contributed by atoms with van der Waals surface area (Å²) in [5.41, 5.74) is 2.25. The van der Waals surface area contributed by atoms with Crippen molar-refractivity contribution < 1.29 is 9.53 Å². The molecule has 1 amide bonds. The van der Waals surface area contributed by atoms with Gasteiger partial charge < -0.3 is 15.0 Å². The third-order valence-corrected chi connectivity index (χ3v) is 5.09. The molecule has 2 aliphatic rings. The Bertz CT molecular complexity index is 543. The molecule has 0 radical (unpaired) electrons. The maximum absolute atomic E-state index is 12.2. The fourth-order valence-corrected chi connectivity index (χ4v) is 3.78. The van der Waals surface area contributed by atoms with Crippen molar-refractivity contribution in [3.63, 3.8) is 0 Å². The number of benzene rings is 1. The van der Waals surface area contributed by atoms with Crippen LogP contribution in [-0.2, 0) is 16.1 Å². The molecule has 0 spiro atoms. The molecule has 2 aliphatic heterocycles. The van der Waals surface area contributed by atoms with E-state index < -0.39 is 0 Å². The van der Waals surface area contributed by atoms with E-state index in [0.29, 0.717) is 6.04 Å². The number of fused-ring (bicyclic) bond motifs is 1. The number of ether oxygens (including phenoxy) is 1. The molecule has 1 aromatic carbocycles. The van der Waals surface area contributed by atoms with Gasteiger partial charge in [-0.3, -0.25) is 9.69 Å². The number of rotatable bonds is 1. The van der Waals surface area contributed by atoms with E-state index in [1.807, 2.05) is 17.0 Å². The van der Waals surface area contributed by atoms with Crippen molar-refractivity contribution in [1.29, 1.82) is 0 Å². The van der Waals surface area contributed by atoms with Gasteiger partial charge in [-0.25, -0.2) is 0 Å². The minimum atomic E-state index is 0.124. The van der Waals surface area contributed by atoms with Crippen molar-refractivity contribution in [2.24, 2.45) is 0 Å². The van der Waals surface area contributed by atoms with Gasteiger partial charge >= 0.3 is 0 Å². The Labute approximate surface area is 145 Å². The van der Waals surface area contributed by atoms with E-state index in [1.54, 1.807) is 6.92 Å². The number of anilines is 1. The minimum absolute atomic E-state index is 0.124. The van der Waals surface area contributed by atoms with Crippen LogP contribution in [0.3, 0.4) is 0 Å². The van der Waals surface area contributed by atoms with Gasteiger partial charge in [0.15, 0.2) is 0 Å². The molecule has 132 valence electrons. The molecule has 2 heterocycles. The van der Waals surface area contributed by atoms with Gasteiger partial charge in [0.25, 0.3) is 0 Å². The van der Waals surface area contributed by atoms with Gasteiger partial charge in [-0.2, -0.15) is 0 Å². The predicted octanol–water partition coefficient (Wildman–Crippen LogP) is 2.01. The smallest absolute Gasteiger partial charge is 0.223 e. The second-order valence-corrected chi connectivity index (χ2v) is 6.71. The molecular formula is C19H29N3O2. The fourth-order valence-electron chi connectivity index (χ4n) is 3.78. The van der Waals surface area contributed by atoms with Crippen LogP contribution in [0.2, 0.25) is 0 Å². The SMILES string of the molecule is CC(=O)N1CCCN(C2CCOCC2)CCNCc2ccccc21. The van der Waals surface area contributed by atoms with E-state index in [2.05, 4.69) is 22.3 Å². The van der Waals surface area contributed by atoms with Crippen LogP contribution in [0.1, 0.15) is 31.7 Å². The van der Waals surface area contributed by atoms with Crippen molar-refractivity contribution >= 4 is 11.6 Å².